The molecule has 2 aromatic carbocycles. The molecule has 1 aliphatic carbocycles. The topological polar surface area (TPSA) is 139 Å². The van der Waals surface area contributed by atoms with Gasteiger partial charge in [0.25, 0.3) is 5.91 Å². The first-order valence-electron chi connectivity index (χ1n) is 11.6. The van der Waals surface area contributed by atoms with Crippen LogP contribution in [0.5, 0.6) is 11.5 Å². The Labute approximate surface area is 201 Å². The number of hydrogen-bond acceptors (Lipinski definition) is 7. The van der Waals surface area contributed by atoms with Crippen LogP contribution in [0.25, 0.3) is 22.2 Å². The second-order valence-corrected chi connectivity index (χ2v) is 8.56. The number of fused-ring (bicyclic) bond motifs is 2. The summed E-state index contributed by atoms with van der Waals surface area (Å²) in [7, 11) is 0. The van der Waals surface area contributed by atoms with E-state index in [0.717, 1.165) is 19.3 Å². The molecule has 1 aliphatic rings. The van der Waals surface area contributed by atoms with Gasteiger partial charge in [0.2, 0.25) is 0 Å². The standard InChI is InChI=1S/C26H26N6O3/c27-24-22(26(35)28-13-12-16-6-2-1-3-7-16)23-25(31-19-9-5-4-8-18(19)30-23)32(24)29-15-17-10-11-20(33)21(34)14-17/h4-6,8-11,14-15,33-34H,1-3,7,12-13,27H2,(H,28,35). The van der Waals surface area contributed by atoms with E-state index in [2.05, 4.69) is 26.5 Å². The highest BCUT2D eigenvalue weighted by molar-refractivity contribution is 6.10. The lowest BCUT2D eigenvalue weighted by Gasteiger charge is -2.12. The van der Waals surface area contributed by atoms with E-state index < -0.39 is 0 Å². The number of phenols is 2. The number of amides is 1. The molecule has 9 nitrogen and oxygen atoms in total. The van der Waals surface area contributed by atoms with E-state index in [1.165, 1.54) is 41.4 Å². The number of nitrogen functional groups attached to an aromatic ring is 1. The van der Waals surface area contributed by atoms with Gasteiger partial charge >= 0.3 is 0 Å². The summed E-state index contributed by atoms with van der Waals surface area (Å²) in [6.45, 7) is 0.508. The number of phenolic OH excluding ortho intramolecular Hbond substituents is 2. The SMILES string of the molecule is Nc1c(C(=O)NCCC2=CCCCC2)c2nc3ccccc3nc2n1N=Cc1ccc(O)c(O)c1. The van der Waals surface area contributed by atoms with Crippen LogP contribution in [-0.4, -0.2) is 43.5 Å². The van der Waals surface area contributed by atoms with Crippen molar-refractivity contribution in [2.75, 3.05) is 12.3 Å². The van der Waals surface area contributed by atoms with Crippen molar-refractivity contribution in [1.82, 2.24) is 20.0 Å². The van der Waals surface area contributed by atoms with Crippen molar-refractivity contribution in [3.8, 4) is 11.5 Å². The summed E-state index contributed by atoms with van der Waals surface area (Å²) in [4.78, 5) is 22.6. The average Bonchev–Trinajstić information content (AvgIpc) is 3.14. The van der Waals surface area contributed by atoms with Crippen LogP contribution >= 0.6 is 0 Å². The first kappa shape index (κ1) is 22.4. The molecule has 5 N–H and O–H groups in total. The van der Waals surface area contributed by atoms with Gasteiger partial charge in [0.05, 0.1) is 17.2 Å². The minimum absolute atomic E-state index is 0.115. The number of anilines is 1. The van der Waals surface area contributed by atoms with Gasteiger partial charge in [-0.2, -0.15) is 9.78 Å². The van der Waals surface area contributed by atoms with Gasteiger partial charge in [-0.3, -0.25) is 4.79 Å². The number of nitrogens with two attached hydrogens (primary N) is 1. The molecule has 0 aliphatic heterocycles. The molecule has 0 bridgehead atoms. The molecular weight excluding hydrogens is 444 g/mol. The smallest absolute Gasteiger partial charge is 0.257 e. The molecule has 9 heteroatoms. The van der Waals surface area contributed by atoms with Gasteiger partial charge in [-0.15, -0.1) is 0 Å². The maximum absolute atomic E-state index is 13.2. The molecule has 178 valence electrons. The number of aromatic hydroxyl groups is 2. The highest BCUT2D eigenvalue weighted by Crippen LogP contribution is 2.29. The number of hydrogen-bond donors (Lipinski definition) is 4. The van der Waals surface area contributed by atoms with E-state index in [0.29, 0.717) is 34.3 Å². The molecule has 4 aromatic rings. The Bertz CT molecular complexity index is 1490. The second-order valence-electron chi connectivity index (χ2n) is 8.56. The fraction of sp³-hybridized carbons (Fsp3) is 0.231. The normalized spacial score (nSPS) is 14.0. The molecule has 0 saturated carbocycles. The number of nitrogens with zero attached hydrogens (tertiary/aromatic N) is 4. The molecule has 0 unspecified atom stereocenters. The molecule has 2 heterocycles. The lowest BCUT2D eigenvalue weighted by atomic mass is 9.97. The largest absolute Gasteiger partial charge is 0.504 e. The predicted octanol–water partition coefficient (Wildman–Crippen LogP) is 4.08. The number of carbonyl (C=O) groups excluding carboxylic acids is 1. The Hall–Kier alpha value is -4.40. The second kappa shape index (κ2) is 9.46. The first-order chi connectivity index (χ1) is 17.0. The zero-order chi connectivity index (χ0) is 24.4. The van der Waals surface area contributed by atoms with Crippen LogP contribution in [0.3, 0.4) is 0 Å². The highest BCUT2D eigenvalue weighted by atomic mass is 16.3. The molecule has 0 fully saturated rings. The molecule has 0 saturated heterocycles. The highest BCUT2D eigenvalue weighted by Gasteiger charge is 2.24. The molecule has 2 aromatic heterocycles. The summed E-state index contributed by atoms with van der Waals surface area (Å²) in [5, 5.41) is 26.7. The van der Waals surface area contributed by atoms with Gasteiger partial charge < -0.3 is 21.3 Å². The molecule has 1 amide bonds. The zero-order valence-electron chi connectivity index (χ0n) is 19.1. The zero-order valence-corrected chi connectivity index (χ0v) is 19.1. The van der Waals surface area contributed by atoms with E-state index in [4.69, 9.17) is 5.73 Å². The maximum Gasteiger partial charge on any atom is 0.257 e. The van der Waals surface area contributed by atoms with Crippen molar-refractivity contribution in [1.29, 1.82) is 0 Å². The quantitative estimate of drug-likeness (QED) is 0.190. The van der Waals surface area contributed by atoms with Crippen LogP contribution in [0, 0.1) is 0 Å². The third-order valence-corrected chi connectivity index (χ3v) is 6.14. The summed E-state index contributed by atoms with van der Waals surface area (Å²) in [5.41, 5.74) is 10.5. The van der Waals surface area contributed by atoms with Crippen LogP contribution in [-0.2, 0) is 0 Å². The summed E-state index contributed by atoms with van der Waals surface area (Å²) in [6, 6.07) is 11.7. The minimum atomic E-state index is -0.329. The Morgan fingerprint density at radius 2 is 1.91 bits per heavy atom. The minimum Gasteiger partial charge on any atom is -0.504 e. The van der Waals surface area contributed by atoms with Gasteiger partial charge in [-0.1, -0.05) is 23.8 Å². The summed E-state index contributed by atoms with van der Waals surface area (Å²) in [6.07, 6.45) is 9.13. The van der Waals surface area contributed by atoms with Gasteiger partial charge in [-0.05, 0) is 68.0 Å². The van der Waals surface area contributed by atoms with E-state index in [-0.39, 0.29) is 28.8 Å². The number of para-hydroxylation sites is 2. The molecule has 0 spiro atoms. The van der Waals surface area contributed by atoms with Crippen LogP contribution < -0.4 is 11.1 Å². The van der Waals surface area contributed by atoms with E-state index in [1.807, 2.05) is 24.3 Å². The number of benzene rings is 2. The molecule has 35 heavy (non-hydrogen) atoms. The van der Waals surface area contributed by atoms with Crippen molar-refractivity contribution >= 4 is 40.1 Å². The number of allylic oxidation sites excluding steroid dienone is 1. The number of carbonyl (C=O) groups is 1. The van der Waals surface area contributed by atoms with Crippen molar-refractivity contribution in [2.45, 2.75) is 32.1 Å². The van der Waals surface area contributed by atoms with E-state index in [1.54, 1.807) is 6.07 Å². The fourth-order valence-electron chi connectivity index (χ4n) is 4.29. The monoisotopic (exact) mass is 470 g/mol. The summed E-state index contributed by atoms with van der Waals surface area (Å²) in [5.74, 6) is -0.708. The Morgan fingerprint density at radius 1 is 1.11 bits per heavy atom. The molecule has 0 radical (unpaired) electrons. The van der Waals surface area contributed by atoms with Gasteiger partial charge in [-0.25, -0.2) is 9.97 Å². The third-order valence-electron chi connectivity index (χ3n) is 6.14. The van der Waals surface area contributed by atoms with Crippen LogP contribution in [0.1, 0.15) is 48.0 Å². The Kier molecular flexibility index (Phi) is 6.05. The van der Waals surface area contributed by atoms with Gasteiger partial charge in [0.15, 0.2) is 17.1 Å². The fourth-order valence-corrected chi connectivity index (χ4v) is 4.29. The molecular formula is C26H26N6O3. The van der Waals surface area contributed by atoms with Crippen LogP contribution in [0.2, 0.25) is 0 Å². The summed E-state index contributed by atoms with van der Waals surface area (Å²) < 4.78 is 1.37. The van der Waals surface area contributed by atoms with Crippen molar-refractivity contribution in [2.24, 2.45) is 5.10 Å². The molecule has 5 rings (SSSR count). The maximum atomic E-state index is 13.2. The van der Waals surface area contributed by atoms with E-state index in [9.17, 15) is 15.0 Å². The first-order valence-corrected chi connectivity index (χ1v) is 11.6. The van der Waals surface area contributed by atoms with Crippen molar-refractivity contribution in [3.63, 3.8) is 0 Å². The van der Waals surface area contributed by atoms with Gasteiger partial charge in [0, 0.05) is 6.54 Å². The van der Waals surface area contributed by atoms with Gasteiger partial charge in [0.1, 0.15) is 16.9 Å². The third kappa shape index (κ3) is 4.52. The van der Waals surface area contributed by atoms with Crippen LogP contribution in [0.4, 0.5) is 5.82 Å². The average molecular weight is 471 g/mol. The van der Waals surface area contributed by atoms with E-state index >= 15 is 0 Å². The lowest BCUT2D eigenvalue weighted by molar-refractivity contribution is 0.0956. The Morgan fingerprint density at radius 3 is 2.66 bits per heavy atom. The van der Waals surface area contributed by atoms with Crippen molar-refractivity contribution in [3.05, 3.63) is 65.2 Å². The molecule has 0 atom stereocenters. The number of nitrogens with one attached hydrogen (secondary N) is 1. The predicted molar refractivity (Wildman–Crippen MR) is 136 cm³/mol. The number of rotatable bonds is 6. The summed E-state index contributed by atoms with van der Waals surface area (Å²) >= 11 is 0. The Balaban J connectivity index is 1.52. The van der Waals surface area contributed by atoms with Crippen LogP contribution in [0.15, 0.2) is 59.2 Å². The number of aromatic nitrogens is 3. The van der Waals surface area contributed by atoms with Crippen molar-refractivity contribution < 1.29 is 15.0 Å². The lowest BCUT2D eigenvalue weighted by Crippen LogP contribution is -2.25.